The van der Waals surface area contributed by atoms with Gasteiger partial charge in [0.05, 0.1) is 5.03 Å². The Hall–Kier alpha value is -0.0600. The molecule has 0 bridgehead atoms. The van der Waals surface area contributed by atoms with Crippen LogP contribution in [0.3, 0.4) is 0 Å². The molecule has 0 saturated carbocycles. The normalized spacial score (nSPS) is 18.8. The number of nitrogens with zero attached hydrogens (tertiary/aromatic N) is 1. The SMILES string of the molecule is Cc1cc(C)nc(SCC2(CBr)CCOCC2)c1. The van der Waals surface area contributed by atoms with E-state index in [9.17, 15) is 0 Å². The van der Waals surface area contributed by atoms with Crippen LogP contribution in [0.25, 0.3) is 0 Å². The molecule has 0 radical (unpaired) electrons. The summed E-state index contributed by atoms with van der Waals surface area (Å²) in [7, 11) is 0. The Labute approximate surface area is 122 Å². The van der Waals surface area contributed by atoms with Gasteiger partial charge in [-0.1, -0.05) is 15.9 Å². The molecule has 100 valence electrons. The molecular weight excluding hydrogens is 310 g/mol. The first-order valence-electron chi connectivity index (χ1n) is 6.35. The van der Waals surface area contributed by atoms with E-state index in [1.807, 2.05) is 11.8 Å². The number of aryl methyl sites for hydroxylation is 2. The van der Waals surface area contributed by atoms with E-state index in [0.717, 1.165) is 47.9 Å². The maximum absolute atomic E-state index is 5.47. The van der Waals surface area contributed by atoms with Gasteiger partial charge in [-0.05, 0) is 49.8 Å². The molecule has 1 aliphatic heterocycles. The second kappa shape index (κ2) is 6.40. The van der Waals surface area contributed by atoms with Crippen LogP contribution >= 0.6 is 27.7 Å². The number of aromatic nitrogens is 1. The van der Waals surface area contributed by atoms with Crippen LogP contribution in [-0.4, -0.2) is 29.3 Å². The highest BCUT2D eigenvalue weighted by Crippen LogP contribution is 2.37. The maximum atomic E-state index is 5.47. The molecule has 18 heavy (non-hydrogen) atoms. The lowest BCUT2D eigenvalue weighted by atomic mass is 9.85. The van der Waals surface area contributed by atoms with Crippen LogP contribution in [0.5, 0.6) is 0 Å². The van der Waals surface area contributed by atoms with Gasteiger partial charge in [-0.25, -0.2) is 4.98 Å². The minimum atomic E-state index is 0.377. The summed E-state index contributed by atoms with van der Waals surface area (Å²) < 4.78 is 5.47. The first kappa shape index (κ1) is 14.4. The number of ether oxygens (including phenoxy) is 1. The van der Waals surface area contributed by atoms with E-state index in [2.05, 4.69) is 46.9 Å². The first-order valence-corrected chi connectivity index (χ1v) is 8.46. The summed E-state index contributed by atoms with van der Waals surface area (Å²) in [5.74, 6) is 1.12. The molecule has 0 amide bonds. The fourth-order valence-electron chi connectivity index (χ4n) is 2.23. The number of rotatable bonds is 4. The van der Waals surface area contributed by atoms with E-state index in [-0.39, 0.29) is 0 Å². The van der Waals surface area contributed by atoms with Gasteiger partial charge in [-0.2, -0.15) is 0 Å². The Balaban J connectivity index is 2.00. The van der Waals surface area contributed by atoms with E-state index in [1.54, 1.807) is 0 Å². The minimum absolute atomic E-state index is 0.377. The predicted octanol–water partition coefficient (Wildman–Crippen LogP) is 3.98. The van der Waals surface area contributed by atoms with Crippen LogP contribution in [0.4, 0.5) is 0 Å². The van der Waals surface area contributed by atoms with Crippen LogP contribution < -0.4 is 0 Å². The Morgan fingerprint density at radius 1 is 1.33 bits per heavy atom. The largest absolute Gasteiger partial charge is 0.381 e. The van der Waals surface area contributed by atoms with Crippen molar-refractivity contribution in [2.24, 2.45) is 5.41 Å². The van der Waals surface area contributed by atoms with Crippen molar-refractivity contribution in [1.29, 1.82) is 0 Å². The second-order valence-corrected chi connectivity index (χ2v) is 6.72. The molecule has 0 aliphatic carbocycles. The molecular formula is C14H20BrNOS. The molecule has 0 N–H and O–H groups in total. The average molecular weight is 330 g/mol. The van der Waals surface area contributed by atoms with Crippen LogP contribution in [-0.2, 0) is 4.74 Å². The number of hydrogen-bond acceptors (Lipinski definition) is 3. The monoisotopic (exact) mass is 329 g/mol. The van der Waals surface area contributed by atoms with Crippen molar-refractivity contribution in [2.45, 2.75) is 31.7 Å². The topological polar surface area (TPSA) is 22.1 Å². The molecule has 2 nitrogen and oxygen atoms in total. The fraction of sp³-hybridized carbons (Fsp3) is 0.643. The van der Waals surface area contributed by atoms with Crippen molar-refractivity contribution in [1.82, 2.24) is 4.98 Å². The third-order valence-electron chi connectivity index (χ3n) is 3.44. The van der Waals surface area contributed by atoms with Crippen LogP contribution in [0, 0.1) is 19.3 Å². The summed E-state index contributed by atoms with van der Waals surface area (Å²) >= 11 is 5.56. The van der Waals surface area contributed by atoms with Gasteiger partial charge in [0.15, 0.2) is 0 Å². The van der Waals surface area contributed by atoms with E-state index < -0.39 is 0 Å². The Morgan fingerprint density at radius 2 is 2.06 bits per heavy atom. The minimum Gasteiger partial charge on any atom is -0.381 e. The number of alkyl halides is 1. The predicted molar refractivity (Wildman–Crippen MR) is 80.7 cm³/mol. The van der Waals surface area contributed by atoms with E-state index in [4.69, 9.17) is 4.74 Å². The van der Waals surface area contributed by atoms with Crippen LogP contribution in [0.15, 0.2) is 17.2 Å². The molecule has 1 aromatic heterocycles. The standard InChI is InChI=1S/C14H20BrNOS/c1-11-7-12(2)16-13(8-11)18-10-14(9-15)3-5-17-6-4-14/h7-8H,3-6,9-10H2,1-2H3. The smallest absolute Gasteiger partial charge is 0.0965 e. The molecule has 1 saturated heterocycles. The molecule has 0 spiro atoms. The molecule has 0 unspecified atom stereocenters. The highest BCUT2D eigenvalue weighted by Gasteiger charge is 2.31. The number of halogens is 1. The van der Waals surface area contributed by atoms with Gasteiger partial charge in [0.1, 0.15) is 0 Å². The number of pyridine rings is 1. The van der Waals surface area contributed by atoms with E-state index in [0.29, 0.717) is 5.41 Å². The summed E-state index contributed by atoms with van der Waals surface area (Å²) in [6, 6.07) is 4.30. The Morgan fingerprint density at radius 3 is 2.67 bits per heavy atom. The zero-order chi connectivity index (χ0) is 13.0. The van der Waals surface area contributed by atoms with Gasteiger partial charge >= 0.3 is 0 Å². The highest BCUT2D eigenvalue weighted by molar-refractivity contribution is 9.09. The third-order valence-corrected chi connectivity index (χ3v) is 5.89. The van der Waals surface area contributed by atoms with Crippen molar-refractivity contribution in [3.8, 4) is 0 Å². The Kier molecular flexibility index (Phi) is 5.10. The van der Waals surface area contributed by atoms with Gasteiger partial charge in [0.2, 0.25) is 0 Å². The lowest BCUT2D eigenvalue weighted by Crippen LogP contribution is -2.33. The van der Waals surface area contributed by atoms with Crippen molar-refractivity contribution in [3.63, 3.8) is 0 Å². The lowest BCUT2D eigenvalue weighted by Gasteiger charge is -2.35. The van der Waals surface area contributed by atoms with Gasteiger partial charge in [0, 0.05) is 30.0 Å². The molecule has 2 rings (SSSR count). The Bertz CT molecular complexity index is 385. The third kappa shape index (κ3) is 3.72. The zero-order valence-corrected chi connectivity index (χ0v) is 13.4. The molecule has 4 heteroatoms. The van der Waals surface area contributed by atoms with Crippen molar-refractivity contribution < 1.29 is 4.74 Å². The highest BCUT2D eigenvalue weighted by atomic mass is 79.9. The summed E-state index contributed by atoms with van der Waals surface area (Å²) in [4.78, 5) is 4.60. The average Bonchev–Trinajstić information content (AvgIpc) is 2.36. The van der Waals surface area contributed by atoms with E-state index in [1.165, 1.54) is 5.56 Å². The molecule has 2 heterocycles. The van der Waals surface area contributed by atoms with Gasteiger partial charge < -0.3 is 4.74 Å². The van der Waals surface area contributed by atoms with Gasteiger partial charge in [0.25, 0.3) is 0 Å². The van der Waals surface area contributed by atoms with E-state index >= 15 is 0 Å². The summed E-state index contributed by atoms with van der Waals surface area (Å²) in [5, 5.41) is 2.21. The van der Waals surface area contributed by atoms with Crippen molar-refractivity contribution in [3.05, 3.63) is 23.4 Å². The summed E-state index contributed by atoms with van der Waals surface area (Å²) in [6.45, 7) is 5.98. The quantitative estimate of drug-likeness (QED) is 0.616. The van der Waals surface area contributed by atoms with Crippen molar-refractivity contribution in [2.75, 3.05) is 24.3 Å². The zero-order valence-electron chi connectivity index (χ0n) is 11.0. The van der Waals surface area contributed by atoms with Gasteiger partial charge in [-0.15, -0.1) is 11.8 Å². The first-order chi connectivity index (χ1) is 8.63. The number of thioether (sulfide) groups is 1. The maximum Gasteiger partial charge on any atom is 0.0965 e. The number of hydrogen-bond donors (Lipinski definition) is 0. The molecule has 1 fully saturated rings. The molecule has 1 aliphatic rings. The summed E-state index contributed by atoms with van der Waals surface area (Å²) in [5.41, 5.74) is 2.78. The van der Waals surface area contributed by atoms with Crippen molar-refractivity contribution >= 4 is 27.7 Å². The lowest BCUT2D eigenvalue weighted by molar-refractivity contribution is 0.0374. The molecule has 1 aromatic rings. The fourth-order valence-corrected chi connectivity index (χ4v) is 4.57. The molecule has 0 atom stereocenters. The second-order valence-electron chi connectivity index (χ2n) is 5.16. The van der Waals surface area contributed by atoms with Gasteiger partial charge in [-0.3, -0.25) is 0 Å². The van der Waals surface area contributed by atoms with Crippen LogP contribution in [0.1, 0.15) is 24.1 Å². The van der Waals surface area contributed by atoms with Crippen LogP contribution in [0.2, 0.25) is 0 Å². The summed E-state index contributed by atoms with van der Waals surface area (Å²) in [6.07, 6.45) is 2.30. The molecule has 0 aromatic carbocycles.